The van der Waals surface area contributed by atoms with Crippen molar-refractivity contribution in [3.63, 3.8) is 0 Å². The Hall–Kier alpha value is -1.64. The van der Waals surface area contributed by atoms with Gasteiger partial charge in [-0.25, -0.2) is 0 Å². The highest BCUT2D eigenvalue weighted by Gasteiger charge is 2.15. The first-order valence-electron chi connectivity index (χ1n) is 5.38. The largest absolute Gasteiger partial charge is 0.454 e. The molecule has 1 aliphatic heterocycles. The fraction of sp³-hybridized carbons (Fsp3) is 0. The van der Waals surface area contributed by atoms with Crippen LogP contribution in [0.5, 0.6) is 11.5 Å². The lowest BCUT2D eigenvalue weighted by atomic mass is 10.1. The van der Waals surface area contributed by atoms with Gasteiger partial charge in [0, 0.05) is 27.9 Å². The van der Waals surface area contributed by atoms with Crippen molar-refractivity contribution in [2.45, 2.75) is 0 Å². The highest BCUT2D eigenvalue weighted by atomic mass is 35.5. The van der Waals surface area contributed by atoms with Crippen LogP contribution in [0.1, 0.15) is 11.1 Å². The minimum atomic E-state index is 0.484. The molecule has 2 nitrogen and oxygen atoms in total. The molecule has 0 radical (unpaired) electrons. The van der Waals surface area contributed by atoms with Crippen LogP contribution in [0.15, 0.2) is 30.3 Å². The molecule has 0 aromatic heterocycles. The van der Waals surface area contributed by atoms with Crippen LogP contribution in [0.4, 0.5) is 5.69 Å². The van der Waals surface area contributed by atoms with Crippen molar-refractivity contribution in [2.24, 2.45) is 0 Å². The average molecular weight is 278 g/mol. The summed E-state index contributed by atoms with van der Waals surface area (Å²) >= 11 is 12.1. The molecule has 1 aliphatic rings. The monoisotopic (exact) mass is 277 g/mol. The van der Waals surface area contributed by atoms with E-state index in [-0.39, 0.29) is 0 Å². The second-order valence-corrected chi connectivity index (χ2v) is 4.88. The van der Waals surface area contributed by atoms with Crippen molar-refractivity contribution in [3.05, 3.63) is 51.5 Å². The van der Waals surface area contributed by atoms with Gasteiger partial charge in [-0.2, -0.15) is 0 Å². The van der Waals surface area contributed by atoms with E-state index in [0.717, 1.165) is 11.1 Å². The van der Waals surface area contributed by atoms with E-state index in [1.807, 2.05) is 30.4 Å². The highest BCUT2D eigenvalue weighted by Crippen LogP contribution is 2.40. The van der Waals surface area contributed by atoms with Gasteiger partial charge < -0.3 is 10.5 Å². The SMILES string of the molecule is Nc1ccc2c(c1)Oc1c(Cl)cc(Cl)cc1C=C2. The van der Waals surface area contributed by atoms with Gasteiger partial charge in [-0.3, -0.25) is 0 Å². The van der Waals surface area contributed by atoms with Gasteiger partial charge in [-0.15, -0.1) is 0 Å². The van der Waals surface area contributed by atoms with E-state index in [2.05, 4.69) is 0 Å². The van der Waals surface area contributed by atoms with E-state index in [9.17, 15) is 0 Å². The van der Waals surface area contributed by atoms with Gasteiger partial charge in [0.05, 0.1) is 5.02 Å². The van der Waals surface area contributed by atoms with Gasteiger partial charge in [0.1, 0.15) is 5.75 Å². The van der Waals surface area contributed by atoms with Crippen molar-refractivity contribution < 1.29 is 4.74 Å². The molecule has 1 heterocycles. The Labute approximate surface area is 115 Å². The van der Waals surface area contributed by atoms with E-state index < -0.39 is 0 Å². The first-order chi connectivity index (χ1) is 8.63. The Morgan fingerprint density at radius 1 is 0.944 bits per heavy atom. The fourth-order valence-electron chi connectivity index (χ4n) is 1.88. The molecule has 0 saturated heterocycles. The molecule has 18 heavy (non-hydrogen) atoms. The minimum Gasteiger partial charge on any atom is -0.454 e. The molecule has 0 saturated carbocycles. The molecule has 0 atom stereocenters. The number of benzene rings is 2. The Morgan fingerprint density at radius 3 is 2.56 bits per heavy atom. The van der Waals surface area contributed by atoms with Crippen molar-refractivity contribution in [3.8, 4) is 11.5 Å². The number of hydrogen-bond acceptors (Lipinski definition) is 2. The predicted molar refractivity (Wildman–Crippen MR) is 76.3 cm³/mol. The van der Waals surface area contributed by atoms with Crippen LogP contribution in [0.25, 0.3) is 12.2 Å². The molecule has 3 rings (SSSR count). The smallest absolute Gasteiger partial charge is 0.153 e. The van der Waals surface area contributed by atoms with Crippen molar-refractivity contribution >= 4 is 41.0 Å². The third-order valence-corrected chi connectivity index (χ3v) is 3.23. The maximum Gasteiger partial charge on any atom is 0.153 e. The summed E-state index contributed by atoms with van der Waals surface area (Å²) in [7, 11) is 0. The molecule has 0 aliphatic carbocycles. The summed E-state index contributed by atoms with van der Waals surface area (Å²) in [5.41, 5.74) is 8.21. The Morgan fingerprint density at radius 2 is 1.72 bits per heavy atom. The normalized spacial score (nSPS) is 12.3. The summed E-state index contributed by atoms with van der Waals surface area (Å²) in [5.74, 6) is 1.29. The molecule has 0 amide bonds. The van der Waals surface area contributed by atoms with Crippen LogP contribution >= 0.6 is 23.2 Å². The third-order valence-electron chi connectivity index (χ3n) is 2.73. The summed E-state index contributed by atoms with van der Waals surface area (Å²) in [4.78, 5) is 0. The van der Waals surface area contributed by atoms with Crippen LogP contribution in [-0.2, 0) is 0 Å². The van der Waals surface area contributed by atoms with E-state index in [1.165, 1.54) is 0 Å². The van der Waals surface area contributed by atoms with Crippen LogP contribution in [0.3, 0.4) is 0 Å². The Kier molecular flexibility index (Phi) is 2.69. The van der Waals surface area contributed by atoms with E-state index in [0.29, 0.717) is 27.2 Å². The fourth-order valence-corrected chi connectivity index (χ4v) is 2.43. The standard InChI is InChI=1S/C14H9Cl2NO/c15-10-5-9-2-1-8-3-4-11(17)7-13(8)18-14(9)12(16)6-10/h1-7H,17H2. The molecular formula is C14H9Cl2NO. The van der Waals surface area contributed by atoms with Gasteiger partial charge in [0.25, 0.3) is 0 Å². The molecule has 2 aromatic carbocycles. The Balaban J connectivity index is 2.21. The van der Waals surface area contributed by atoms with Crippen LogP contribution in [0.2, 0.25) is 10.0 Å². The second kappa shape index (κ2) is 4.23. The number of ether oxygens (including phenoxy) is 1. The third kappa shape index (κ3) is 1.94. The molecule has 4 heteroatoms. The average Bonchev–Trinajstić information content (AvgIpc) is 2.48. The van der Waals surface area contributed by atoms with E-state index in [4.69, 9.17) is 33.7 Å². The molecular weight excluding hydrogens is 269 g/mol. The summed E-state index contributed by atoms with van der Waals surface area (Å²) in [6.07, 6.45) is 3.88. The maximum absolute atomic E-state index is 6.15. The number of anilines is 1. The van der Waals surface area contributed by atoms with E-state index in [1.54, 1.807) is 12.1 Å². The van der Waals surface area contributed by atoms with Gasteiger partial charge >= 0.3 is 0 Å². The van der Waals surface area contributed by atoms with Crippen molar-refractivity contribution in [2.75, 3.05) is 5.73 Å². The molecule has 0 fully saturated rings. The number of rotatable bonds is 0. The number of halogens is 2. The Bertz CT molecular complexity index is 665. The topological polar surface area (TPSA) is 35.2 Å². The quantitative estimate of drug-likeness (QED) is 0.596. The molecule has 0 spiro atoms. The number of fused-ring (bicyclic) bond motifs is 2. The molecule has 0 bridgehead atoms. The lowest BCUT2D eigenvalue weighted by molar-refractivity contribution is 0.482. The summed E-state index contributed by atoms with van der Waals surface area (Å²) in [6, 6.07) is 8.99. The second-order valence-electron chi connectivity index (χ2n) is 4.04. The highest BCUT2D eigenvalue weighted by molar-refractivity contribution is 6.36. The van der Waals surface area contributed by atoms with Crippen molar-refractivity contribution in [1.82, 2.24) is 0 Å². The minimum absolute atomic E-state index is 0.484. The zero-order chi connectivity index (χ0) is 12.7. The zero-order valence-corrected chi connectivity index (χ0v) is 10.8. The van der Waals surface area contributed by atoms with Gasteiger partial charge in [0.2, 0.25) is 0 Å². The van der Waals surface area contributed by atoms with Gasteiger partial charge in [-0.1, -0.05) is 35.4 Å². The number of nitrogen functional groups attached to an aromatic ring is 1. The van der Waals surface area contributed by atoms with Crippen molar-refractivity contribution in [1.29, 1.82) is 0 Å². The molecule has 2 N–H and O–H groups in total. The molecule has 90 valence electrons. The van der Waals surface area contributed by atoms with E-state index >= 15 is 0 Å². The lowest BCUT2D eigenvalue weighted by Crippen LogP contribution is -1.91. The molecule has 2 aromatic rings. The molecule has 0 unspecified atom stereocenters. The van der Waals surface area contributed by atoms with Crippen LogP contribution in [0, 0.1) is 0 Å². The number of hydrogen-bond donors (Lipinski definition) is 1. The van der Waals surface area contributed by atoms with Gasteiger partial charge in [0.15, 0.2) is 5.75 Å². The summed E-state index contributed by atoms with van der Waals surface area (Å²) in [6.45, 7) is 0. The maximum atomic E-state index is 6.15. The summed E-state index contributed by atoms with van der Waals surface area (Å²) < 4.78 is 5.84. The van der Waals surface area contributed by atoms with Gasteiger partial charge in [-0.05, 0) is 24.3 Å². The zero-order valence-electron chi connectivity index (χ0n) is 9.28. The van der Waals surface area contributed by atoms with Crippen LogP contribution < -0.4 is 10.5 Å². The number of nitrogens with two attached hydrogens (primary N) is 1. The first kappa shape index (κ1) is 11.5. The lowest BCUT2D eigenvalue weighted by Gasteiger charge is -2.11. The van der Waals surface area contributed by atoms with Crippen LogP contribution in [-0.4, -0.2) is 0 Å². The predicted octanol–water partition coefficient (Wildman–Crippen LogP) is 4.85. The first-order valence-corrected chi connectivity index (χ1v) is 6.13. The summed E-state index contributed by atoms with van der Waals surface area (Å²) in [5, 5.41) is 1.06.